The van der Waals surface area contributed by atoms with Crippen LogP contribution >= 0.6 is 11.5 Å². The first-order valence-corrected chi connectivity index (χ1v) is 8.32. The van der Waals surface area contributed by atoms with Gasteiger partial charge >= 0.3 is 0 Å². The van der Waals surface area contributed by atoms with Crippen molar-refractivity contribution < 1.29 is 9.84 Å². The molecule has 0 aliphatic heterocycles. The Balaban J connectivity index is 1.82. The second-order valence-electron chi connectivity index (χ2n) is 5.96. The van der Waals surface area contributed by atoms with Crippen molar-refractivity contribution in [3.8, 4) is 11.5 Å². The molecule has 0 unspecified atom stereocenters. The van der Waals surface area contributed by atoms with Crippen molar-refractivity contribution in [3.63, 3.8) is 0 Å². The molecule has 118 valence electrons. The maximum Gasteiger partial charge on any atom is 0.205 e. The lowest BCUT2D eigenvalue weighted by molar-refractivity contribution is 0.373. The second kappa shape index (κ2) is 6.12. The second-order valence-corrected chi connectivity index (χ2v) is 6.69. The molecule has 0 bridgehead atoms. The third-order valence-corrected chi connectivity index (χ3v) is 4.55. The van der Waals surface area contributed by atoms with Gasteiger partial charge in [0, 0.05) is 30.0 Å². The van der Waals surface area contributed by atoms with E-state index in [9.17, 15) is 5.11 Å². The summed E-state index contributed by atoms with van der Waals surface area (Å²) < 4.78 is 9.65. The van der Waals surface area contributed by atoms with E-state index in [4.69, 9.17) is 4.74 Å². The lowest BCUT2D eigenvalue weighted by atomic mass is 10.2. The van der Waals surface area contributed by atoms with Crippen LogP contribution in [0.5, 0.6) is 11.5 Å². The molecule has 1 aliphatic rings. The fraction of sp³-hybridized carbons (Fsp3) is 0.500. The maximum atomic E-state index is 9.71. The number of rotatable bonds is 6. The van der Waals surface area contributed by atoms with Crippen molar-refractivity contribution in [2.45, 2.75) is 45.2 Å². The molecule has 5 nitrogen and oxygen atoms in total. The fourth-order valence-corrected chi connectivity index (χ4v) is 3.21. The number of phenols is 1. The Labute approximate surface area is 134 Å². The molecule has 3 rings (SSSR count). The third-order valence-electron chi connectivity index (χ3n) is 3.78. The SMILES string of the molecule is COc1cc(CN(c2nc(C(C)C)ns2)C2CC2)ccc1O. The maximum absolute atomic E-state index is 9.71. The molecule has 2 aromatic rings. The molecule has 6 heteroatoms. The summed E-state index contributed by atoms with van der Waals surface area (Å²) in [4.78, 5) is 7.00. The van der Waals surface area contributed by atoms with Crippen LogP contribution in [0.1, 0.15) is 44.0 Å². The summed E-state index contributed by atoms with van der Waals surface area (Å²) in [6.07, 6.45) is 2.40. The average molecular weight is 319 g/mol. The summed E-state index contributed by atoms with van der Waals surface area (Å²) in [5.74, 6) is 1.93. The van der Waals surface area contributed by atoms with Crippen molar-refractivity contribution in [2.75, 3.05) is 12.0 Å². The Morgan fingerprint density at radius 2 is 2.18 bits per heavy atom. The van der Waals surface area contributed by atoms with E-state index in [2.05, 4.69) is 28.1 Å². The first-order chi connectivity index (χ1) is 10.6. The van der Waals surface area contributed by atoms with E-state index in [1.807, 2.05) is 12.1 Å². The average Bonchev–Trinajstić information content (AvgIpc) is 3.22. The Bertz CT molecular complexity index is 653. The number of phenolic OH excluding ortho intramolecular Hbond substituents is 1. The number of aromatic nitrogens is 2. The Morgan fingerprint density at radius 3 is 2.77 bits per heavy atom. The van der Waals surface area contributed by atoms with Crippen LogP contribution in [0, 0.1) is 0 Å². The minimum absolute atomic E-state index is 0.169. The zero-order valence-electron chi connectivity index (χ0n) is 13.1. The van der Waals surface area contributed by atoms with Crippen LogP contribution in [-0.4, -0.2) is 27.6 Å². The van der Waals surface area contributed by atoms with Crippen LogP contribution in [-0.2, 0) is 6.54 Å². The summed E-state index contributed by atoms with van der Waals surface area (Å²) in [5.41, 5.74) is 1.10. The molecule has 0 radical (unpaired) electrons. The molecule has 1 heterocycles. The highest BCUT2D eigenvalue weighted by Gasteiger charge is 2.31. The van der Waals surface area contributed by atoms with E-state index in [1.165, 1.54) is 24.4 Å². The van der Waals surface area contributed by atoms with Gasteiger partial charge in [-0.05, 0) is 30.5 Å². The van der Waals surface area contributed by atoms with Crippen LogP contribution < -0.4 is 9.64 Å². The predicted octanol–water partition coefficient (Wildman–Crippen LogP) is 3.54. The lowest BCUT2D eigenvalue weighted by Crippen LogP contribution is -2.24. The van der Waals surface area contributed by atoms with Crippen LogP contribution in [0.3, 0.4) is 0 Å². The van der Waals surface area contributed by atoms with E-state index in [0.717, 1.165) is 23.1 Å². The van der Waals surface area contributed by atoms with Crippen LogP contribution in [0.4, 0.5) is 5.13 Å². The van der Waals surface area contributed by atoms with E-state index < -0.39 is 0 Å². The number of hydrogen-bond donors (Lipinski definition) is 1. The Morgan fingerprint density at radius 1 is 1.41 bits per heavy atom. The largest absolute Gasteiger partial charge is 0.504 e. The Hall–Kier alpha value is -1.82. The highest BCUT2D eigenvalue weighted by atomic mass is 32.1. The smallest absolute Gasteiger partial charge is 0.205 e. The van der Waals surface area contributed by atoms with Crippen LogP contribution in [0.15, 0.2) is 18.2 Å². The third kappa shape index (κ3) is 3.16. The number of ether oxygens (including phenoxy) is 1. The van der Waals surface area contributed by atoms with Gasteiger partial charge < -0.3 is 14.7 Å². The number of aromatic hydroxyl groups is 1. The van der Waals surface area contributed by atoms with E-state index in [-0.39, 0.29) is 5.75 Å². The molecular weight excluding hydrogens is 298 g/mol. The summed E-state index contributed by atoms with van der Waals surface area (Å²) >= 11 is 1.47. The number of anilines is 1. The molecule has 1 aliphatic carbocycles. The zero-order valence-corrected chi connectivity index (χ0v) is 13.9. The number of benzene rings is 1. The standard InChI is InChI=1S/C16H21N3O2S/c1-10(2)15-17-16(22-18-15)19(12-5-6-12)9-11-4-7-13(20)14(8-11)21-3/h4,7-8,10,12,20H,5-6,9H2,1-3H3. The van der Waals surface area contributed by atoms with Gasteiger partial charge in [0.25, 0.3) is 0 Å². The topological polar surface area (TPSA) is 58.5 Å². The molecule has 0 spiro atoms. The van der Waals surface area contributed by atoms with Gasteiger partial charge in [-0.1, -0.05) is 19.9 Å². The van der Waals surface area contributed by atoms with Crippen LogP contribution in [0.25, 0.3) is 0 Å². The number of methoxy groups -OCH3 is 1. The number of hydrogen-bond acceptors (Lipinski definition) is 6. The normalized spacial score (nSPS) is 14.4. The van der Waals surface area contributed by atoms with Crippen molar-refractivity contribution in [2.24, 2.45) is 0 Å². The van der Waals surface area contributed by atoms with Gasteiger partial charge in [-0.3, -0.25) is 0 Å². The summed E-state index contributed by atoms with van der Waals surface area (Å²) in [6, 6.07) is 6.04. The first-order valence-electron chi connectivity index (χ1n) is 7.54. The molecule has 1 N–H and O–H groups in total. The monoisotopic (exact) mass is 319 g/mol. The van der Waals surface area contributed by atoms with E-state index >= 15 is 0 Å². The summed E-state index contributed by atoms with van der Waals surface area (Å²) in [5, 5.41) is 10.7. The molecule has 0 atom stereocenters. The van der Waals surface area contributed by atoms with Gasteiger partial charge in [0.1, 0.15) is 5.82 Å². The molecule has 1 fully saturated rings. The quantitative estimate of drug-likeness (QED) is 0.882. The van der Waals surface area contributed by atoms with E-state index in [0.29, 0.717) is 17.7 Å². The molecule has 0 saturated heterocycles. The molecular formula is C16H21N3O2S. The van der Waals surface area contributed by atoms with Gasteiger partial charge in [0.2, 0.25) is 5.13 Å². The predicted molar refractivity (Wildman–Crippen MR) is 87.9 cm³/mol. The minimum Gasteiger partial charge on any atom is -0.504 e. The molecule has 22 heavy (non-hydrogen) atoms. The summed E-state index contributed by atoms with van der Waals surface area (Å²) in [6.45, 7) is 4.98. The first kappa shape index (κ1) is 15.1. The van der Waals surface area contributed by atoms with Gasteiger partial charge in [-0.15, -0.1) is 0 Å². The number of nitrogens with zero attached hydrogens (tertiary/aromatic N) is 3. The molecule has 1 aromatic carbocycles. The van der Waals surface area contributed by atoms with Crippen molar-refractivity contribution in [3.05, 3.63) is 29.6 Å². The molecule has 0 amide bonds. The Kier molecular flexibility index (Phi) is 4.20. The highest BCUT2D eigenvalue weighted by Crippen LogP contribution is 2.35. The lowest BCUT2D eigenvalue weighted by Gasteiger charge is -2.21. The van der Waals surface area contributed by atoms with E-state index in [1.54, 1.807) is 13.2 Å². The summed E-state index contributed by atoms with van der Waals surface area (Å²) in [7, 11) is 1.57. The van der Waals surface area contributed by atoms with Gasteiger partial charge in [-0.2, -0.15) is 4.37 Å². The molecule has 1 aromatic heterocycles. The van der Waals surface area contributed by atoms with Crippen LogP contribution in [0.2, 0.25) is 0 Å². The zero-order chi connectivity index (χ0) is 15.7. The minimum atomic E-state index is 0.169. The van der Waals surface area contributed by atoms with Gasteiger partial charge in [0.05, 0.1) is 7.11 Å². The van der Waals surface area contributed by atoms with Gasteiger partial charge in [-0.25, -0.2) is 4.98 Å². The van der Waals surface area contributed by atoms with Crippen molar-refractivity contribution in [1.29, 1.82) is 0 Å². The van der Waals surface area contributed by atoms with Gasteiger partial charge in [0.15, 0.2) is 11.5 Å². The fourth-order valence-electron chi connectivity index (χ4n) is 2.33. The van der Waals surface area contributed by atoms with Crippen molar-refractivity contribution in [1.82, 2.24) is 9.36 Å². The molecule has 1 saturated carbocycles. The van der Waals surface area contributed by atoms with Crippen molar-refractivity contribution >= 4 is 16.7 Å². The highest BCUT2D eigenvalue weighted by molar-refractivity contribution is 7.09.